The fraction of sp³-hybridized carbons (Fsp3) is 0.350. The molecule has 140 valence electrons. The summed E-state index contributed by atoms with van der Waals surface area (Å²) >= 11 is 0. The zero-order valence-electron chi connectivity index (χ0n) is 16.0. The number of amides is 1. The van der Waals surface area contributed by atoms with E-state index < -0.39 is 5.60 Å². The Bertz CT molecular complexity index is 1000. The van der Waals surface area contributed by atoms with Gasteiger partial charge in [-0.05, 0) is 19.9 Å². The molecule has 1 amide bonds. The van der Waals surface area contributed by atoms with Gasteiger partial charge in [0, 0.05) is 44.2 Å². The number of aryl methyl sites for hydroxylation is 2. The maximum atomic E-state index is 13.5. The molecule has 0 unspecified atom stereocenters. The van der Waals surface area contributed by atoms with E-state index in [1.807, 2.05) is 63.3 Å². The van der Waals surface area contributed by atoms with Gasteiger partial charge < -0.3 is 9.64 Å². The molecule has 3 heterocycles. The van der Waals surface area contributed by atoms with Gasteiger partial charge in [0.05, 0.1) is 18.3 Å². The predicted molar refractivity (Wildman–Crippen MR) is 101 cm³/mol. The van der Waals surface area contributed by atoms with Crippen LogP contribution in [-0.4, -0.2) is 42.5 Å². The number of aromatic nitrogens is 4. The maximum Gasteiger partial charge on any atom is 0.258 e. The first-order valence-electron chi connectivity index (χ1n) is 8.91. The molecule has 0 bridgehead atoms. The number of hydrogen-bond acceptors (Lipinski definition) is 4. The van der Waals surface area contributed by atoms with Gasteiger partial charge in [-0.1, -0.05) is 18.2 Å². The maximum absolute atomic E-state index is 13.5. The summed E-state index contributed by atoms with van der Waals surface area (Å²) in [4.78, 5) is 15.3. The molecule has 27 heavy (non-hydrogen) atoms. The monoisotopic (exact) mass is 365 g/mol. The quantitative estimate of drug-likeness (QED) is 0.700. The lowest BCUT2D eigenvalue weighted by molar-refractivity contribution is 0.0501. The summed E-state index contributed by atoms with van der Waals surface area (Å²) in [6, 6.07) is 7.88. The van der Waals surface area contributed by atoms with Crippen molar-refractivity contribution < 1.29 is 9.53 Å². The van der Waals surface area contributed by atoms with Crippen LogP contribution in [-0.2, 0) is 20.6 Å². The number of rotatable bonds is 2. The third-order valence-corrected chi connectivity index (χ3v) is 4.62. The molecule has 0 atom stereocenters. The molecule has 0 spiro atoms. The van der Waals surface area contributed by atoms with Gasteiger partial charge in [-0.25, -0.2) is 0 Å². The third-order valence-electron chi connectivity index (χ3n) is 4.62. The summed E-state index contributed by atoms with van der Waals surface area (Å²) in [6.07, 6.45) is 5.36. The lowest BCUT2D eigenvalue weighted by Gasteiger charge is -2.29. The largest absolute Gasteiger partial charge is 0.486 e. The highest BCUT2D eigenvalue weighted by atomic mass is 16.5. The zero-order valence-corrected chi connectivity index (χ0v) is 16.0. The molecule has 4 rings (SSSR count). The molecule has 1 aromatic carbocycles. The fourth-order valence-electron chi connectivity index (χ4n) is 3.50. The van der Waals surface area contributed by atoms with Crippen LogP contribution in [0.1, 0.15) is 29.8 Å². The third kappa shape index (κ3) is 3.32. The Hall–Kier alpha value is -3.09. The summed E-state index contributed by atoms with van der Waals surface area (Å²) in [5.41, 5.74) is 2.56. The lowest BCUT2D eigenvalue weighted by atomic mass is 10.1. The van der Waals surface area contributed by atoms with Crippen LogP contribution in [0.3, 0.4) is 0 Å². The first-order chi connectivity index (χ1) is 12.8. The Balaban J connectivity index is 1.73. The summed E-state index contributed by atoms with van der Waals surface area (Å²) in [5.74, 6) is 0.770. The smallest absolute Gasteiger partial charge is 0.258 e. The minimum Gasteiger partial charge on any atom is -0.486 e. The van der Waals surface area contributed by atoms with Crippen LogP contribution >= 0.6 is 0 Å². The highest BCUT2D eigenvalue weighted by Gasteiger charge is 2.33. The van der Waals surface area contributed by atoms with E-state index in [0.29, 0.717) is 24.3 Å². The number of para-hydroxylation sites is 1. The Kier molecular flexibility index (Phi) is 4.02. The van der Waals surface area contributed by atoms with E-state index in [1.165, 1.54) is 0 Å². The Morgan fingerprint density at radius 2 is 1.93 bits per heavy atom. The average molecular weight is 365 g/mol. The van der Waals surface area contributed by atoms with Crippen molar-refractivity contribution in [2.75, 3.05) is 6.54 Å². The normalized spacial score (nSPS) is 15.8. The van der Waals surface area contributed by atoms with Gasteiger partial charge in [0.15, 0.2) is 0 Å². The number of fused-ring (bicyclic) bond motifs is 1. The van der Waals surface area contributed by atoms with Crippen molar-refractivity contribution in [1.29, 1.82) is 0 Å². The minimum atomic E-state index is -0.487. The van der Waals surface area contributed by atoms with E-state index in [2.05, 4.69) is 10.2 Å². The summed E-state index contributed by atoms with van der Waals surface area (Å²) in [6.45, 7) is 4.99. The van der Waals surface area contributed by atoms with Gasteiger partial charge in [0.1, 0.15) is 17.0 Å². The molecule has 1 aliphatic rings. The van der Waals surface area contributed by atoms with Crippen LogP contribution in [0.2, 0.25) is 0 Å². The number of carbonyl (C=O) groups is 1. The van der Waals surface area contributed by atoms with E-state index in [9.17, 15) is 4.79 Å². The number of hydrogen-bond donors (Lipinski definition) is 0. The van der Waals surface area contributed by atoms with Gasteiger partial charge in [-0.15, -0.1) is 0 Å². The van der Waals surface area contributed by atoms with Crippen LogP contribution in [0.5, 0.6) is 5.75 Å². The van der Waals surface area contributed by atoms with Crippen molar-refractivity contribution in [3.63, 3.8) is 0 Å². The molecular formula is C20H23N5O2. The first-order valence-corrected chi connectivity index (χ1v) is 8.91. The van der Waals surface area contributed by atoms with Crippen LogP contribution in [0.15, 0.2) is 42.9 Å². The van der Waals surface area contributed by atoms with Crippen LogP contribution < -0.4 is 4.74 Å². The SMILES string of the molecule is Cn1cc(-c2nn(C)cc2C(=O)N2Cc3ccccc3OC(C)(C)C2)cn1. The van der Waals surface area contributed by atoms with Crippen LogP contribution in [0, 0.1) is 0 Å². The van der Waals surface area contributed by atoms with Crippen molar-refractivity contribution in [2.45, 2.75) is 26.0 Å². The van der Waals surface area contributed by atoms with Gasteiger partial charge in [0.2, 0.25) is 0 Å². The molecule has 0 fully saturated rings. The molecule has 3 aromatic rings. The zero-order chi connectivity index (χ0) is 19.2. The summed E-state index contributed by atoms with van der Waals surface area (Å²) in [5, 5.41) is 8.70. The van der Waals surface area contributed by atoms with E-state index >= 15 is 0 Å². The number of nitrogens with zero attached hydrogens (tertiary/aromatic N) is 5. The van der Waals surface area contributed by atoms with Crippen molar-refractivity contribution in [3.05, 3.63) is 54.0 Å². The molecule has 0 aliphatic carbocycles. The van der Waals surface area contributed by atoms with E-state index in [4.69, 9.17) is 4.74 Å². The van der Waals surface area contributed by atoms with Gasteiger partial charge in [-0.2, -0.15) is 10.2 Å². The lowest BCUT2D eigenvalue weighted by Crippen LogP contribution is -2.43. The molecule has 2 aromatic heterocycles. The molecule has 7 nitrogen and oxygen atoms in total. The van der Waals surface area contributed by atoms with E-state index in [0.717, 1.165) is 16.9 Å². The number of ether oxygens (including phenoxy) is 1. The molecule has 1 aliphatic heterocycles. The molecule has 0 saturated heterocycles. The topological polar surface area (TPSA) is 65.2 Å². The molecular weight excluding hydrogens is 342 g/mol. The highest BCUT2D eigenvalue weighted by Crippen LogP contribution is 2.31. The van der Waals surface area contributed by atoms with Crippen molar-refractivity contribution in [1.82, 2.24) is 24.5 Å². The fourth-order valence-corrected chi connectivity index (χ4v) is 3.50. The molecule has 0 radical (unpaired) electrons. The molecule has 7 heteroatoms. The van der Waals surface area contributed by atoms with Crippen LogP contribution in [0.4, 0.5) is 0 Å². The Morgan fingerprint density at radius 1 is 1.15 bits per heavy atom. The van der Waals surface area contributed by atoms with Crippen molar-refractivity contribution in [3.8, 4) is 17.0 Å². The minimum absolute atomic E-state index is 0.0599. The number of benzene rings is 1. The second-order valence-corrected chi connectivity index (χ2v) is 7.60. The van der Waals surface area contributed by atoms with E-state index in [1.54, 1.807) is 21.8 Å². The van der Waals surface area contributed by atoms with Gasteiger partial charge >= 0.3 is 0 Å². The van der Waals surface area contributed by atoms with Crippen molar-refractivity contribution in [2.24, 2.45) is 14.1 Å². The number of carbonyl (C=O) groups excluding carboxylic acids is 1. The highest BCUT2D eigenvalue weighted by molar-refractivity contribution is 5.99. The average Bonchev–Trinajstić information content (AvgIpc) is 3.16. The summed E-state index contributed by atoms with van der Waals surface area (Å²) in [7, 11) is 3.67. The first kappa shape index (κ1) is 17.3. The second kappa shape index (κ2) is 6.26. The second-order valence-electron chi connectivity index (χ2n) is 7.60. The summed E-state index contributed by atoms with van der Waals surface area (Å²) < 4.78 is 9.53. The van der Waals surface area contributed by atoms with Gasteiger partial charge in [-0.3, -0.25) is 14.2 Å². The molecule has 0 saturated carbocycles. The Labute approximate surface area is 158 Å². The predicted octanol–water partition coefficient (Wildman–Crippen LogP) is 2.63. The van der Waals surface area contributed by atoms with Crippen LogP contribution in [0.25, 0.3) is 11.3 Å². The molecule has 0 N–H and O–H groups in total. The van der Waals surface area contributed by atoms with Gasteiger partial charge in [0.25, 0.3) is 5.91 Å². The van der Waals surface area contributed by atoms with E-state index in [-0.39, 0.29) is 5.91 Å². The standard InChI is InChI=1S/C20H23N5O2/c1-20(2)13-25(11-14-7-5-6-8-17(14)27-20)19(26)16-12-24(4)22-18(16)15-9-21-23(3)10-15/h5-10,12H,11,13H2,1-4H3. The Morgan fingerprint density at radius 3 is 2.67 bits per heavy atom. The van der Waals surface area contributed by atoms with Crippen molar-refractivity contribution >= 4 is 5.91 Å².